The SMILES string of the molecule is CC1OCCC1c1nc2c(F)cccc2[nH]1. The summed E-state index contributed by atoms with van der Waals surface area (Å²) in [5.41, 5.74) is 1.19. The molecule has 1 aliphatic rings. The maximum absolute atomic E-state index is 13.5. The summed E-state index contributed by atoms with van der Waals surface area (Å²) in [6.45, 7) is 2.78. The number of aromatic nitrogens is 2. The molecule has 0 amide bonds. The van der Waals surface area contributed by atoms with E-state index in [0.29, 0.717) is 5.52 Å². The normalized spacial score (nSPS) is 25.4. The van der Waals surface area contributed by atoms with Crippen molar-refractivity contribution in [3.63, 3.8) is 0 Å². The van der Waals surface area contributed by atoms with Crippen molar-refractivity contribution >= 4 is 11.0 Å². The highest BCUT2D eigenvalue weighted by molar-refractivity contribution is 5.75. The molecule has 2 heterocycles. The van der Waals surface area contributed by atoms with Crippen molar-refractivity contribution in [3.05, 3.63) is 29.8 Å². The lowest BCUT2D eigenvalue weighted by molar-refractivity contribution is 0.117. The Kier molecular flexibility index (Phi) is 2.17. The van der Waals surface area contributed by atoms with Gasteiger partial charge in [0.05, 0.1) is 11.6 Å². The Morgan fingerprint density at radius 3 is 3.06 bits per heavy atom. The molecular weight excluding hydrogens is 207 g/mol. The van der Waals surface area contributed by atoms with Crippen molar-refractivity contribution in [2.24, 2.45) is 0 Å². The Morgan fingerprint density at radius 1 is 1.50 bits per heavy atom. The highest BCUT2D eigenvalue weighted by Gasteiger charge is 2.28. The number of aromatic amines is 1. The van der Waals surface area contributed by atoms with Gasteiger partial charge >= 0.3 is 0 Å². The topological polar surface area (TPSA) is 37.9 Å². The van der Waals surface area contributed by atoms with E-state index in [9.17, 15) is 4.39 Å². The monoisotopic (exact) mass is 220 g/mol. The molecule has 0 aliphatic carbocycles. The van der Waals surface area contributed by atoms with Crippen LogP contribution in [0.5, 0.6) is 0 Å². The molecule has 4 heteroatoms. The number of H-pyrrole nitrogens is 1. The van der Waals surface area contributed by atoms with Crippen LogP contribution in [0.15, 0.2) is 18.2 Å². The van der Waals surface area contributed by atoms with Crippen molar-refractivity contribution in [2.75, 3.05) is 6.61 Å². The predicted octanol–water partition coefficient (Wildman–Crippen LogP) is 2.59. The lowest BCUT2D eigenvalue weighted by Crippen LogP contribution is -2.10. The van der Waals surface area contributed by atoms with Crippen LogP contribution in [-0.2, 0) is 4.74 Å². The van der Waals surface area contributed by atoms with Crippen LogP contribution in [0.2, 0.25) is 0 Å². The summed E-state index contributed by atoms with van der Waals surface area (Å²) in [5, 5.41) is 0. The largest absolute Gasteiger partial charge is 0.378 e. The van der Waals surface area contributed by atoms with Crippen LogP contribution in [-0.4, -0.2) is 22.7 Å². The molecule has 3 rings (SSSR count). The first-order valence-corrected chi connectivity index (χ1v) is 5.51. The molecule has 2 unspecified atom stereocenters. The van der Waals surface area contributed by atoms with Crippen LogP contribution >= 0.6 is 0 Å². The number of halogens is 1. The smallest absolute Gasteiger partial charge is 0.151 e. The van der Waals surface area contributed by atoms with Crippen LogP contribution < -0.4 is 0 Å². The van der Waals surface area contributed by atoms with E-state index < -0.39 is 0 Å². The maximum Gasteiger partial charge on any atom is 0.151 e. The van der Waals surface area contributed by atoms with Gasteiger partial charge in [0.25, 0.3) is 0 Å². The highest BCUT2D eigenvalue weighted by Crippen LogP contribution is 2.30. The van der Waals surface area contributed by atoms with Gasteiger partial charge < -0.3 is 9.72 Å². The number of imidazole rings is 1. The first kappa shape index (κ1) is 9.78. The standard InChI is InChI=1S/C12H13FN2O/c1-7-8(5-6-16-7)12-14-10-4-2-3-9(13)11(10)15-12/h2-4,7-8H,5-6H2,1H3,(H,14,15). The fourth-order valence-electron chi connectivity index (χ4n) is 2.28. The van der Waals surface area contributed by atoms with Gasteiger partial charge in [-0.1, -0.05) is 6.07 Å². The van der Waals surface area contributed by atoms with E-state index in [1.54, 1.807) is 6.07 Å². The van der Waals surface area contributed by atoms with Crippen molar-refractivity contribution in [2.45, 2.75) is 25.4 Å². The summed E-state index contributed by atoms with van der Waals surface area (Å²) in [6, 6.07) is 4.96. The number of benzene rings is 1. The second-order valence-electron chi connectivity index (χ2n) is 4.23. The van der Waals surface area contributed by atoms with Gasteiger partial charge in [-0.15, -0.1) is 0 Å². The van der Waals surface area contributed by atoms with E-state index >= 15 is 0 Å². The minimum absolute atomic E-state index is 0.156. The number of rotatable bonds is 1. The molecule has 3 nitrogen and oxygen atoms in total. The van der Waals surface area contributed by atoms with Gasteiger partial charge in [0.15, 0.2) is 5.82 Å². The fraction of sp³-hybridized carbons (Fsp3) is 0.417. The molecule has 0 radical (unpaired) electrons. The molecule has 1 aromatic carbocycles. The molecule has 1 fully saturated rings. The number of hydrogen-bond acceptors (Lipinski definition) is 2. The zero-order valence-corrected chi connectivity index (χ0v) is 9.03. The van der Waals surface area contributed by atoms with Crippen molar-refractivity contribution in [1.29, 1.82) is 0 Å². The summed E-state index contributed by atoms with van der Waals surface area (Å²) in [7, 11) is 0. The summed E-state index contributed by atoms with van der Waals surface area (Å²) in [6.07, 6.45) is 1.10. The third-order valence-electron chi connectivity index (χ3n) is 3.21. The molecule has 1 aliphatic heterocycles. The molecule has 2 atom stereocenters. The van der Waals surface area contributed by atoms with Crippen LogP contribution in [0, 0.1) is 5.82 Å². The average molecular weight is 220 g/mol. The highest BCUT2D eigenvalue weighted by atomic mass is 19.1. The Morgan fingerprint density at radius 2 is 2.38 bits per heavy atom. The maximum atomic E-state index is 13.5. The van der Waals surface area contributed by atoms with Crippen molar-refractivity contribution in [1.82, 2.24) is 9.97 Å². The third kappa shape index (κ3) is 1.41. The van der Waals surface area contributed by atoms with E-state index in [0.717, 1.165) is 24.4 Å². The molecule has 1 saturated heterocycles. The molecule has 16 heavy (non-hydrogen) atoms. The number of ether oxygens (including phenoxy) is 1. The molecule has 0 spiro atoms. The van der Waals surface area contributed by atoms with Crippen LogP contribution in [0.3, 0.4) is 0 Å². The van der Waals surface area contributed by atoms with Gasteiger partial charge in [-0.25, -0.2) is 9.37 Å². The lowest BCUT2D eigenvalue weighted by atomic mass is 10.0. The van der Waals surface area contributed by atoms with Gasteiger partial charge in [-0.3, -0.25) is 0 Å². The number of hydrogen-bond donors (Lipinski definition) is 1. The third-order valence-corrected chi connectivity index (χ3v) is 3.21. The summed E-state index contributed by atoms with van der Waals surface area (Å²) in [4.78, 5) is 7.51. The Labute approximate surface area is 92.6 Å². The molecule has 84 valence electrons. The van der Waals surface area contributed by atoms with Gasteiger partial charge in [0.2, 0.25) is 0 Å². The molecule has 2 aromatic rings. The Balaban J connectivity index is 2.08. The fourth-order valence-corrected chi connectivity index (χ4v) is 2.28. The predicted molar refractivity (Wildman–Crippen MR) is 58.8 cm³/mol. The summed E-state index contributed by atoms with van der Waals surface area (Å²) >= 11 is 0. The second kappa shape index (κ2) is 3.56. The van der Waals surface area contributed by atoms with E-state index in [2.05, 4.69) is 9.97 Å². The second-order valence-corrected chi connectivity index (χ2v) is 4.23. The van der Waals surface area contributed by atoms with E-state index in [4.69, 9.17) is 4.74 Å². The minimum atomic E-state index is -0.272. The molecular formula is C12H13FN2O. The minimum Gasteiger partial charge on any atom is -0.378 e. The van der Waals surface area contributed by atoms with Gasteiger partial charge in [-0.2, -0.15) is 0 Å². The number of para-hydroxylation sites is 1. The lowest BCUT2D eigenvalue weighted by Gasteiger charge is -2.09. The Hall–Kier alpha value is -1.42. The molecule has 1 aromatic heterocycles. The van der Waals surface area contributed by atoms with Crippen LogP contribution in [0.1, 0.15) is 25.1 Å². The van der Waals surface area contributed by atoms with E-state index in [1.165, 1.54) is 6.07 Å². The van der Waals surface area contributed by atoms with Gasteiger partial charge in [0, 0.05) is 12.5 Å². The van der Waals surface area contributed by atoms with Crippen molar-refractivity contribution in [3.8, 4) is 0 Å². The Bertz CT molecular complexity index is 523. The summed E-state index contributed by atoms with van der Waals surface area (Å²) < 4.78 is 19.0. The quantitative estimate of drug-likeness (QED) is 0.802. The van der Waals surface area contributed by atoms with Crippen LogP contribution in [0.4, 0.5) is 4.39 Å². The zero-order valence-electron chi connectivity index (χ0n) is 9.03. The molecule has 0 bridgehead atoms. The number of nitrogens with one attached hydrogen (secondary N) is 1. The van der Waals surface area contributed by atoms with Gasteiger partial charge in [-0.05, 0) is 25.5 Å². The molecule has 0 saturated carbocycles. The first-order chi connectivity index (χ1) is 7.75. The van der Waals surface area contributed by atoms with E-state index in [1.807, 2.05) is 13.0 Å². The molecule has 1 N–H and O–H groups in total. The van der Waals surface area contributed by atoms with Crippen LogP contribution in [0.25, 0.3) is 11.0 Å². The summed E-state index contributed by atoms with van der Waals surface area (Å²) in [5.74, 6) is 0.823. The number of nitrogens with zero attached hydrogens (tertiary/aromatic N) is 1. The van der Waals surface area contributed by atoms with Gasteiger partial charge in [0.1, 0.15) is 11.3 Å². The first-order valence-electron chi connectivity index (χ1n) is 5.51. The van der Waals surface area contributed by atoms with Crippen molar-refractivity contribution < 1.29 is 9.13 Å². The average Bonchev–Trinajstić information content (AvgIpc) is 2.84. The number of fused-ring (bicyclic) bond motifs is 1. The zero-order chi connectivity index (χ0) is 11.1. The van der Waals surface area contributed by atoms with E-state index in [-0.39, 0.29) is 17.8 Å².